The Kier molecular flexibility index (Phi) is 4.47. The molecule has 0 aliphatic carbocycles. The lowest BCUT2D eigenvalue weighted by Crippen LogP contribution is -2.46. The van der Waals surface area contributed by atoms with Crippen molar-refractivity contribution in [2.75, 3.05) is 26.2 Å². The molecule has 2 N–H and O–H groups in total. The fourth-order valence-electron chi connectivity index (χ4n) is 3.10. The summed E-state index contributed by atoms with van der Waals surface area (Å²) >= 11 is -1.37. The molecule has 1 unspecified atom stereocenters. The average Bonchev–Trinajstić information content (AvgIpc) is 3.04. The summed E-state index contributed by atoms with van der Waals surface area (Å²) in [6.45, 7) is 2.89. The molecule has 1 aromatic heterocycles. The van der Waals surface area contributed by atoms with E-state index in [-0.39, 0.29) is 5.82 Å². The fourth-order valence-corrected chi connectivity index (χ4v) is 4.30. The second kappa shape index (κ2) is 6.76. The molecular formula is C18H17F2N3OS. The molecule has 1 aliphatic heterocycles. The van der Waals surface area contributed by atoms with Crippen LogP contribution >= 0.6 is 0 Å². The molecule has 2 aromatic carbocycles. The number of fused-ring (bicyclic) bond motifs is 1. The maximum absolute atomic E-state index is 14.7. The van der Waals surface area contributed by atoms with Gasteiger partial charge in [0.25, 0.3) is 0 Å². The molecule has 130 valence electrons. The van der Waals surface area contributed by atoms with Crippen LogP contribution in [-0.4, -0.2) is 40.0 Å². The van der Waals surface area contributed by atoms with Crippen molar-refractivity contribution in [2.24, 2.45) is 0 Å². The Morgan fingerprint density at radius 3 is 2.56 bits per heavy atom. The maximum atomic E-state index is 14.7. The van der Waals surface area contributed by atoms with E-state index in [1.54, 1.807) is 24.4 Å². The van der Waals surface area contributed by atoms with E-state index in [1.165, 1.54) is 18.2 Å². The predicted octanol–water partition coefficient (Wildman–Crippen LogP) is 3.04. The normalized spacial score (nSPS) is 17.1. The number of hydrogen-bond acceptors (Lipinski definition) is 3. The second-order valence-electron chi connectivity index (χ2n) is 5.96. The zero-order valence-electron chi connectivity index (χ0n) is 13.4. The number of H-pyrrole nitrogens is 1. The molecule has 1 fully saturated rings. The van der Waals surface area contributed by atoms with E-state index in [2.05, 4.69) is 10.3 Å². The van der Waals surface area contributed by atoms with Gasteiger partial charge < -0.3 is 14.9 Å². The lowest BCUT2D eigenvalue weighted by molar-refractivity contribution is 0.360. The smallest absolute Gasteiger partial charge is 0.177 e. The largest absolute Gasteiger partial charge is 0.593 e. The zero-order chi connectivity index (χ0) is 17.4. The molecule has 1 atom stereocenters. The highest BCUT2D eigenvalue weighted by Gasteiger charge is 2.25. The molecule has 0 bridgehead atoms. The van der Waals surface area contributed by atoms with Gasteiger partial charge in [-0.15, -0.1) is 4.31 Å². The van der Waals surface area contributed by atoms with Crippen molar-refractivity contribution < 1.29 is 13.3 Å². The van der Waals surface area contributed by atoms with Gasteiger partial charge in [0.05, 0.1) is 24.5 Å². The summed E-state index contributed by atoms with van der Waals surface area (Å²) in [4.78, 5) is 3.41. The third kappa shape index (κ3) is 3.16. The summed E-state index contributed by atoms with van der Waals surface area (Å²) in [5, 5.41) is 3.95. The first kappa shape index (κ1) is 16.5. The first-order chi connectivity index (χ1) is 12.1. The van der Waals surface area contributed by atoms with Crippen LogP contribution < -0.4 is 5.32 Å². The highest BCUT2D eigenvalue weighted by molar-refractivity contribution is 7.89. The van der Waals surface area contributed by atoms with Crippen LogP contribution in [0.4, 0.5) is 8.78 Å². The van der Waals surface area contributed by atoms with Crippen LogP contribution in [0.3, 0.4) is 0 Å². The third-order valence-corrected chi connectivity index (χ3v) is 5.88. The Labute approximate surface area is 147 Å². The van der Waals surface area contributed by atoms with Crippen LogP contribution in [0.5, 0.6) is 0 Å². The summed E-state index contributed by atoms with van der Waals surface area (Å²) in [6, 6.07) is 9.02. The molecule has 0 spiro atoms. The Morgan fingerprint density at radius 2 is 1.80 bits per heavy atom. The summed E-state index contributed by atoms with van der Waals surface area (Å²) in [5.41, 5.74) is 1.67. The summed E-state index contributed by atoms with van der Waals surface area (Å²) in [7, 11) is 0. The van der Waals surface area contributed by atoms with E-state index in [1.807, 2.05) is 4.31 Å². The number of aromatic nitrogens is 1. The molecule has 0 amide bonds. The minimum atomic E-state index is -1.37. The Balaban J connectivity index is 1.67. The van der Waals surface area contributed by atoms with E-state index in [0.717, 1.165) is 18.5 Å². The fraction of sp³-hybridized carbons (Fsp3) is 0.222. The summed E-state index contributed by atoms with van der Waals surface area (Å²) in [6.07, 6.45) is 1.66. The minimum absolute atomic E-state index is 0.344. The SMILES string of the molecule is [O-][S+](c1ccc(-c2c[nH]c3cc(F)ccc23)c(F)c1)N1CCNCC1. The quantitative estimate of drug-likeness (QED) is 0.705. The number of hydrogen-bond donors (Lipinski definition) is 2. The first-order valence-electron chi connectivity index (χ1n) is 8.07. The van der Waals surface area contributed by atoms with Gasteiger partial charge in [-0.1, -0.05) is 0 Å². The van der Waals surface area contributed by atoms with Crippen molar-refractivity contribution in [1.29, 1.82) is 0 Å². The Bertz CT molecular complexity index is 908. The number of piperazine rings is 1. The molecule has 4 nitrogen and oxygen atoms in total. The van der Waals surface area contributed by atoms with Crippen LogP contribution in [0.2, 0.25) is 0 Å². The van der Waals surface area contributed by atoms with E-state index in [9.17, 15) is 13.3 Å². The van der Waals surface area contributed by atoms with Crippen molar-refractivity contribution in [1.82, 2.24) is 14.6 Å². The number of nitrogens with zero attached hydrogens (tertiary/aromatic N) is 1. The summed E-state index contributed by atoms with van der Waals surface area (Å²) < 4.78 is 42.4. The first-order valence-corrected chi connectivity index (χ1v) is 9.18. The molecule has 0 saturated carbocycles. The van der Waals surface area contributed by atoms with Crippen molar-refractivity contribution in [3.8, 4) is 11.1 Å². The molecule has 25 heavy (non-hydrogen) atoms. The number of halogens is 2. The van der Waals surface area contributed by atoms with Crippen LogP contribution in [0, 0.1) is 11.6 Å². The molecule has 4 rings (SSSR count). The van der Waals surface area contributed by atoms with Gasteiger partial charge in [-0.2, -0.15) is 0 Å². The van der Waals surface area contributed by atoms with Gasteiger partial charge in [0, 0.05) is 47.4 Å². The van der Waals surface area contributed by atoms with E-state index < -0.39 is 17.2 Å². The molecule has 3 aromatic rings. The highest BCUT2D eigenvalue weighted by atomic mass is 32.2. The number of benzene rings is 2. The topological polar surface area (TPSA) is 54.1 Å². The van der Waals surface area contributed by atoms with Gasteiger partial charge in [0.2, 0.25) is 0 Å². The molecule has 1 saturated heterocycles. The number of nitrogens with one attached hydrogen (secondary N) is 2. The molecule has 0 radical (unpaired) electrons. The lowest BCUT2D eigenvalue weighted by Gasteiger charge is -2.27. The van der Waals surface area contributed by atoms with Crippen molar-refractivity contribution in [2.45, 2.75) is 4.90 Å². The zero-order valence-corrected chi connectivity index (χ0v) is 14.2. The minimum Gasteiger partial charge on any atom is -0.593 e. The van der Waals surface area contributed by atoms with Crippen LogP contribution in [0.25, 0.3) is 22.0 Å². The Hall–Kier alpha value is -1.93. The van der Waals surface area contributed by atoms with Crippen LogP contribution in [0.15, 0.2) is 47.5 Å². The average molecular weight is 361 g/mol. The standard InChI is InChI=1S/C18H17F2N3OS/c19-12-1-3-15-16(11-22-18(15)9-12)14-4-2-13(10-17(14)20)25(24)23-7-5-21-6-8-23/h1-4,9-11,21-22H,5-8H2. The van der Waals surface area contributed by atoms with Gasteiger partial charge >= 0.3 is 0 Å². The second-order valence-corrected chi connectivity index (χ2v) is 7.45. The number of rotatable bonds is 3. The molecule has 2 heterocycles. The van der Waals surface area contributed by atoms with E-state index in [4.69, 9.17) is 0 Å². The van der Waals surface area contributed by atoms with Crippen molar-refractivity contribution in [3.05, 3.63) is 54.2 Å². The van der Waals surface area contributed by atoms with Gasteiger partial charge in [0.15, 0.2) is 4.90 Å². The Morgan fingerprint density at radius 1 is 1.00 bits per heavy atom. The number of aromatic amines is 1. The third-order valence-electron chi connectivity index (χ3n) is 4.39. The lowest BCUT2D eigenvalue weighted by atomic mass is 10.0. The van der Waals surface area contributed by atoms with Crippen LogP contribution in [-0.2, 0) is 11.4 Å². The maximum Gasteiger partial charge on any atom is 0.177 e. The van der Waals surface area contributed by atoms with Gasteiger partial charge in [-0.05, 0) is 30.3 Å². The molecule has 7 heteroatoms. The van der Waals surface area contributed by atoms with E-state index in [0.29, 0.717) is 34.6 Å². The van der Waals surface area contributed by atoms with Gasteiger partial charge in [-0.25, -0.2) is 8.78 Å². The summed E-state index contributed by atoms with van der Waals surface area (Å²) in [5.74, 6) is -0.783. The van der Waals surface area contributed by atoms with Crippen molar-refractivity contribution in [3.63, 3.8) is 0 Å². The van der Waals surface area contributed by atoms with Crippen LogP contribution in [0.1, 0.15) is 0 Å². The van der Waals surface area contributed by atoms with Crippen molar-refractivity contribution >= 4 is 22.3 Å². The molecule has 1 aliphatic rings. The monoisotopic (exact) mass is 361 g/mol. The van der Waals surface area contributed by atoms with Gasteiger partial charge in [0.1, 0.15) is 11.6 Å². The molecular weight excluding hydrogens is 344 g/mol. The predicted molar refractivity (Wildman–Crippen MR) is 94.5 cm³/mol. The van der Waals surface area contributed by atoms with E-state index >= 15 is 0 Å². The highest BCUT2D eigenvalue weighted by Crippen LogP contribution is 2.32. The van der Waals surface area contributed by atoms with Gasteiger partial charge in [-0.3, -0.25) is 0 Å².